The van der Waals surface area contributed by atoms with Crippen LogP contribution >= 0.6 is 39.3 Å². The van der Waals surface area contributed by atoms with E-state index in [0.717, 1.165) is 5.03 Å². The summed E-state index contributed by atoms with van der Waals surface area (Å²) in [6.45, 7) is 0. The molecule has 0 bridgehead atoms. The van der Waals surface area contributed by atoms with Crippen molar-refractivity contribution in [1.82, 2.24) is 9.97 Å². The molecule has 0 saturated heterocycles. The highest BCUT2D eigenvalue weighted by Crippen LogP contribution is 2.36. The van der Waals surface area contributed by atoms with E-state index in [4.69, 9.17) is 16.3 Å². The maximum absolute atomic E-state index is 12.8. The smallest absolute Gasteiger partial charge is 0.265 e. The molecule has 6 nitrogen and oxygen atoms in total. The molecule has 2 aromatic heterocycles. The van der Waals surface area contributed by atoms with Gasteiger partial charge in [-0.1, -0.05) is 29.4 Å². The van der Waals surface area contributed by atoms with Crippen LogP contribution in [-0.2, 0) is 10.0 Å². The highest BCUT2D eigenvalue weighted by atomic mass is 79.9. The van der Waals surface area contributed by atoms with Gasteiger partial charge >= 0.3 is 0 Å². The van der Waals surface area contributed by atoms with Crippen LogP contribution in [0.5, 0.6) is 5.75 Å². The van der Waals surface area contributed by atoms with Gasteiger partial charge < -0.3 is 4.74 Å². The second-order valence-corrected chi connectivity index (χ2v) is 9.16. The lowest BCUT2D eigenvalue weighted by molar-refractivity contribution is 0.400. The van der Waals surface area contributed by atoms with Gasteiger partial charge in [0.25, 0.3) is 10.0 Å². The molecule has 0 spiro atoms. The normalized spacial score (nSPS) is 11.2. The van der Waals surface area contributed by atoms with Gasteiger partial charge in [-0.15, -0.1) is 0 Å². The van der Waals surface area contributed by atoms with Gasteiger partial charge in [-0.3, -0.25) is 4.72 Å². The molecule has 0 saturated carbocycles. The number of halogens is 2. The predicted octanol–water partition coefficient (Wildman–Crippen LogP) is 4.85. The van der Waals surface area contributed by atoms with Crippen LogP contribution in [0.25, 0.3) is 0 Å². The number of aromatic nitrogens is 2. The van der Waals surface area contributed by atoms with Crippen molar-refractivity contribution < 1.29 is 13.2 Å². The van der Waals surface area contributed by atoms with Crippen molar-refractivity contribution in [1.29, 1.82) is 0 Å². The summed E-state index contributed by atoms with van der Waals surface area (Å²) in [7, 11) is -2.54. The Hall–Kier alpha value is -1.81. The molecule has 0 atom stereocenters. The zero-order valence-electron chi connectivity index (χ0n) is 13.9. The molecule has 0 aliphatic carbocycles. The third-order valence-electron chi connectivity index (χ3n) is 3.30. The van der Waals surface area contributed by atoms with Gasteiger partial charge in [-0.05, 0) is 52.3 Å². The summed E-state index contributed by atoms with van der Waals surface area (Å²) in [4.78, 5) is 8.38. The topological polar surface area (TPSA) is 81.2 Å². The van der Waals surface area contributed by atoms with Crippen LogP contribution in [0.3, 0.4) is 0 Å². The second kappa shape index (κ2) is 8.47. The fourth-order valence-electron chi connectivity index (χ4n) is 2.19. The van der Waals surface area contributed by atoms with Crippen molar-refractivity contribution >= 4 is 55.0 Å². The first kappa shape index (κ1) is 19.9. The van der Waals surface area contributed by atoms with Crippen molar-refractivity contribution in [2.24, 2.45) is 0 Å². The molecular weight excluding hydrogens is 474 g/mol. The summed E-state index contributed by atoms with van der Waals surface area (Å²) < 4.78 is 33.9. The van der Waals surface area contributed by atoms with E-state index in [0.29, 0.717) is 15.2 Å². The van der Waals surface area contributed by atoms with Crippen LogP contribution in [0.1, 0.15) is 0 Å². The van der Waals surface area contributed by atoms with Gasteiger partial charge in [0.05, 0.1) is 17.3 Å². The summed E-state index contributed by atoms with van der Waals surface area (Å²) in [5.74, 6) is 0.170. The minimum Gasteiger partial charge on any atom is -0.494 e. The van der Waals surface area contributed by atoms with Gasteiger partial charge in [0.15, 0.2) is 5.75 Å². The summed E-state index contributed by atoms with van der Waals surface area (Å²) in [5.41, 5.74) is 0.363. The lowest BCUT2D eigenvalue weighted by atomic mass is 10.3. The Morgan fingerprint density at radius 1 is 1.11 bits per heavy atom. The molecule has 10 heteroatoms. The van der Waals surface area contributed by atoms with E-state index < -0.39 is 10.0 Å². The summed E-state index contributed by atoms with van der Waals surface area (Å²) >= 11 is 10.6. The maximum Gasteiger partial charge on any atom is 0.265 e. The molecule has 140 valence electrons. The molecule has 0 aliphatic rings. The molecule has 0 fully saturated rings. The van der Waals surface area contributed by atoms with E-state index in [2.05, 4.69) is 30.6 Å². The highest BCUT2D eigenvalue weighted by molar-refractivity contribution is 9.10. The van der Waals surface area contributed by atoms with E-state index in [1.807, 2.05) is 18.2 Å². The third kappa shape index (κ3) is 4.92. The number of pyridine rings is 2. The van der Waals surface area contributed by atoms with Gasteiger partial charge in [-0.25, -0.2) is 18.4 Å². The van der Waals surface area contributed by atoms with E-state index in [1.54, 1.807) is 24.4 Å². The van der Waals surface area contributed by atoms with Gasteiger partial charge in [0.2, 0.25) is 0 Å². The molecule has 1 N–H and O–H groups in total. The Morgan fingerprint density at radius 3 is 2.59 bits per heavy atom. The van der Waals surface area contributed by atoms with Crippen LogP contribution in [0.2, 0.25) is 5.02 Å². The predicted molar refractivity (Wildman–Crippen MR) is 109 cm³/mol. The van der Waals surface area contributed by atoms with E-state index in [1.165, 1.54) is 31.1 Å². The number of ether oxygens (including phenoxy) is 1. The molecule has 0 radical (unpaired) electrons. The Balaban J connectivity index is 1.90. The van der Waals surface area contributed by atoms with Crippen molar-refractivity contribution in [2.45, 2.75) is 14.9 Å². The highest BCUT2D eigenvalue weighted by Gasteiger charge is 2.23. The average Bonchev–Trinajstić information content (AvgIpc) is 2.62. The van der Waals surface area contributed by atoms with Crippen LogP contribution in [0.15, 0.2) is 74.3 Å². The first-order chi connectivity index (χ1) is 12.9. The number of nitrogens with zero attached hydrogens (tertiary/aromatic N) is 2. The monoisotopic (exact) mass is 485 g/mol. The molecular formula is C17H13BrClN3O3S2. The largest absolute Gasteiger partial charge is 0.494 e. The molecule has 2 heterocycles. The minimum absolute atomic E-state index is 0.0693. The molecule has 3 rings (SSSR count). The summed E-state index contributed by atoms with van der Waals surface area (Å²) in [6, 6.07) is 11.6. The van der Waals surface area contributed by atoms with Crippen molar-refractivity contribution in [3.8, 4) is 5.75 Å². The van der Waals surface area contributed by atoms with Gasteiger partial charge in [0, 0.05) is 17.4 Å². The first-order valence-corrected chi connectivity index (χ1v) is 11.0. The number of rotatable bonds is 6. The Labute approximate surface area is 174 Å². The molecule has 0 amide bonds. The van der Waals surface area contributed by atoms with Crippen molar-refractivity contribution in [3.05, 3.63) is 64.4 Å². The van der Waals surface area contributed by atoms with E-state index in [9.17, 15) is 8.42 Å². The molecule has 3 aromatic rings. The van der Waals surface area contributed by atoms with Crippen molar-refractivity contribution in [2.75, 3.05) is 11.8 Å². The van der Waals surface area contributed by atoms with Crippen LogP contribution in [0.4, 0.5) is 5.69 Å². The van der Waals surface area contributed by atoms with Crippen molar-refractivity contribution in [3.63, 3.8) is 0 Å². The van der Waals surface area contributed by atoms with Crippen LogP contribution in [0, 0.1) is 0 Å². The number of methoxy groups -OCH3 is 1. The number of benzene rings is 1. The number of hydrogen-bond acceptors (Lipinski definition) is 6. The fraction of sp³-hybridized carbons (Fsp3) is 0.0588. The van der Waals surface area contributed by atoms with E-state index >= 15 is 0 Å². The third-order valence-corrected chi connectivity index (χ3v) is 6.38. The zero-order chi connectivity index (χ0) is 19.4. The zero-order valence-corrected chi connectivity index (χ0v) is 17.9. The second-order valence-electron chi connectivity index (χ2n) is 5.18. The fourth-order valence-corrected chi connectivity index (χ4v) is 5.40. The number of anilines is 1. The number of nitrogens with one attached hydrogen (secondary N) is 1. The lowest BCUT2D eigenvalue weighted by Gasteiger charge is -2.13. The van der Waals surface area contributed by atoms with Gasteiger partial charge in [0.1, 0.15) is 14.9 Å². The first-order valence-electron chi connectivity index (χ1n) is 7.50. The lowest BCUT2D eigenvalue weighted by Crippen LogP contribution is -2.14. The molecule has 0 aliphatic heterocycles. The number of hydrogen-bond donors (Lipinski definition) is 1. The van der Waals surface area contributed by atoms with Crippen LogP contribution in [-0.4, -0.2) is 25.5 Å². The Bertz CT molecular complexity index is 1070. The number of sulfonamides is 1. The Morgan fingerprint density at radius 2 is 1.89 bits per heavy atom. The van der Waals surface area contributed by atoms with Gasteiger partial charge in [-0.2, -0.15) is 0 Å². The van der Waals surface area contributed by atoms with E-state index in [-0.39, 0.29) is 15.7 Å². The molecule has 1 aromatic carbocycles. The quantitative estimate of drug-likeness (QED) is 0.536. The SMILES string of the molecule is COc1c(Br)cc(Cl)cc1S(=O)(=O)Nc1ccnc(Sc2ccccn2)c1. The standard InChI is InChI=1S/C17H13BrClN3O3S2/c1-25-17-13(18)8-11(19)9-14(17)27(23,24)22-12-5-7-21-16(10-12)26-15-4-2-3-6-20-15/h2-10H,1H3,(H,21,22). The average molecular weight is 487 g/mol. The Kier molecular flexibility index (Phi) is 6.25. The molecule has 0 unspecified atom stereocenters. The maximum atomic E-state index is 12.8. The summed E-state index contributed by atoms with van der Waals surface area (Å²) in [5, 5.41) is 1.63. The summed E-state index contributed by atoms with van der Waals surface area (Å²) in [6.07, 6.45) is 3.20. The minimum atomic E-state index is -3.93. The molecule has 27 heavy (non-hydrogen) atoms. The van der Waals surface area contributed by atoms with Crippen LogP contribution < -0.4 is 9.46 Å².